The largest absolute Gasteiger partial charge is 1.00 e. The van der Waals surface area contributed by atoms with E-state index in [2.05, 4.69) is 0 Å². The maximum atomic E-state index is 11.5. The molecule has 0 radical (unpaired) electrons. The van der Waals surface area contributed by atoms with Crippen molar-refractivity contribution >= 4 is 32.4 Å². The molecule has 0 fully saturated rings. The predicted molar refractivity (Wildman–Crippen MR) is 122 cm³/mol. The van der Waals surface area contributed by atoms with Gasteiger partial charge in [-0.2, -0.15) is 10.5 Å². The molecular weight excluding hydrogens is 538 g/mol. The number of rotatable bonds is 6. The van der Waals surface area contributed by atoms with Crippen LogP contribution in [-0.4, -0.2) is 25.9 Å². The van der Waals surface area contributed by atoms with Crippen molar-refractivity contribution < 1.29 is 89.8 Å². The van der Waals surface area contributed by atoms with Crippen molar-refractivity contribution in [3.05, 3.63) is 107 Å². The molecule has 0 N–H and O–H groups in total. The van der Waals surface area contributed by atoms with Gasteiger partial charge in [0.2, 0.25) is 0 Å². The average molecular weight is 552 g/mol. The number of nitrogens with zero attached hydrogens (tertiary/aromatic N) is 2. The molecule has 0 saturated carbocycles. The molecule has 176 valence electrons. The molecule has 2 aromatic rings. The number of ether oxygens (including phenoxy) is 1. The first kappa shape index (κ1) is 32.8. The topological polar surface area (TPSA) is 171 Å². The SMILES string of the molecule is N#CC(C#N)=C1C=C(/C=C/c2ccccc2S(=O)(=O)[O-])OC(/C=C/c2ccccc2S(=O)(=O)[O-])=C1.[Na+].[Na+]. The molecule has 1 aliphatic heterocycles. The Morgan fingerprint density at radius 1 is 0.703 bits per heavy atom. The summed E-state index contributed by atoms with van der Waals surface area (Å²) < 4.78 is 74.7. The first-order chi connectivity index (χ1) is 16.5. The zero-order valence-electron chi connectivity index (χ0n) is 19.7. The van der Waals surface area contributed by atoms with Gasteiger partial charge in [-0.25, -0.2) is 16.8 Å². The second kappa shape index (κ2) is 14.0. The van der Waals surface area contributed by atoms with E-state index < -0.39 is 30.0 Å². The van der Waals surface area contributed by atoms with Crippen molar-refractivity contribution in [2.24, 2.45) is 0 Å². The molecule has 0 atom stereocenters. The van der Waals surface area contributed by atoms with Crippen molar-refractivity contribution in [3.8, 4) is 12.1 Å². The molecule has 0 aliphatic carbocycles. The smallest absolute Gasteiger partial charge is 0.744 e. The van der Waals surface area contributed by atoms with Crippen LogP contribution in [-0.2, 0) is 25.0 Å². The Morgan fingerprint density at radius 2 is 1.08 bits per heavy atom. The minimum absolute atomic E-state index is 0. The minimum Gasteiger partial charge on any atom is -0.744 e. The van der Waals surface area contributed by atoms with Crippen LogP contribution in [0.5, 0.6) is 0 Å². The quantitative estimate of drug-likeness (QED) is 0.211. The molecule has 0 unspecified atom stereocenters. The molecule has 0 bridgehead atoms. The number of benzene rings is 2. The molecule has 0 saturated heterocycles. The maximum absolute atomic E-state index is 11.5. The Hall–Kier alpha value is -2.26. The minimum atomic E-state index is -4.74. The molecule has 2 aromatic carbocycles. The zero-order valence-corrected chi connectivity index (χ0v) is 25.3. The van der Waals surface area contributed by atoms with E-state index >= 15 is 0 Å². The number of nitriles is 2. The second-order valence-electron chi connectivity index (χ2n) is 6.90. The fourth-order valence-corrected chi connectivity index (χ4v) is 4.38. The Morgan fingerprint density at radius 3 is 1.43 bits per heavy atom. The van der Waals surface area contributed by atoms with Gasteiger partial charge in [-0.3, -0.25) is 0 Å². The van der Waals surface area contributed by atoms with E-state index in [4.69, 9.17) is 4.74 Å². The fourth-order valence-electron chi connectivity index (χ4n) is 3.04. The van der Waals surface area contributed by atoms with Gasteiger partial charge in [-0.15, -0.1) is 0 Å². The van der Waals surface area contributed by atoms with Crippen molar-refractivity contribution in [2.45, 2.75) is 9.79 Å². The van der Waals surface area contributed by atoms with Gasteiger partial charge in [0.25, 0.3) is 0 Å². The van der Waals surface area contributed by atoms with E-state index in [0.717, 1.165) is 12.1 Å². The Kier molecular flexibility index (Phi) is 12.4. The van der Waals surface area contributed by atoms with Gasteiger partial charge in [0, 0.05) is 5.57 Å². The van der Waals surface area contributed by atoms with Gasteiger partial charge < -0.3 is 13.8 Å². The summed E-state index contributed by atoms with van der Waals surface area (Å²) in [6.07, 6.45) is 8.04. The predicted octanol–water partition coefficient (Wildman–Crippen LogP) is -2.63. The van der Waals surface area contributed by atoms with E-state index in [1.807, 2.05) is 0 Å². The monoisotopic (exact) mass is 552 g/mol. The third-order valence-corrected chi connectivity index (χ3v) is 6.40. The van der Waals surface area contributed by atoms with Crippen LogP contribution >= 0.6 is 0 Å². The molecule has 3 rings (SSSR count). The maximum Gasteiger partial charge on any atom is 1.00 e. The summed E-state index contributed by atoms with van der Waals surface area (Å²) in [5.74, 6) is 0.181. The summed E-state index contributed by atoms with van der Waals surface area (Å²) in [4.78, 5) is -0.881. The molecule has 9 nitrogen and oxygen atoms in total. The van der Waals surface area contributed by atoms with Crippen LogP contribution < -0.4 is 59.1 Å². The first-order valence-electron chi connectivity index (χ1n) is 9.64. The summed E-state index contributed by atoms with van der Waals surface area (Å²) in [7, 11) is -9.48. The molecule has 0 amide bonds. The number of hydrogen-bond acceptors (Lipinski definition) is 9. The molecule has 1 heterocycles. The van der Waals surface area contributed by atoms with Crippen molar-refractivity contribution in [1.82, 2.24) is 0 Å². The Labute approximate surface area is 258 Å². The molecular formula is C24H14N2Na2O7S2. The third kappa shape index (κ3) is 8.92. The number of hydrogen-bond donors (Lipinski definition) is 0. The summed E-state index contributed by atoms with van der Waals surface area (Å²) in [6.45, 7) is 0. The third-order valence-electron chi connectivity index (χ3n) is 4.57. The first-order valence-corrected chi connectivity index (χ1v) is 12.5. The van der Waals surface area contributed by atoms with E-state index in [1.54, 1.807) is 12.1 Å². The summed E-state index contributed by atoms with van der Waals surface area (Å²) >= 11 is 0. The van der Waals surface area contributed by atoms with Crippen LogP contribution in [0, 0.1) is 22.7 Å². The van der Waals surface area contributed by atoms with Crippen LogP contribution in [0.4, 0.5) is 0 Å². The summed E-state index contributed by atoms with van der Waals surface area (Å²) in [6, 6.07) is 14.5. The van der Waals surface area contributed by atoms with Crippen molar-refractivity contribution in [2.75, 3.05) is 0 Å². The standard InChI is InChI=1S/C24H16N2O7S2.2Na/c25-15-20(16-26)19-13-21(11-9-17-5-1-3-7-23(17)34(27,28)29)33-22(14-19)12-10-18-6-2-4-8-24(18)35(30,31)32;;/h1-14H,(H,27,28,29)(H,30,31,32);;/q;2*+1/p-2/b11-9+,12-10+;;. The molecule has 0 spiro atoms. The average Bonchev–Trinajstić information content (AvgIpc) is 2.81. The fraction of sp³-hybridized carbons (Fsp3) is 0. The molecule has 37 heavy (non-hydrogen) atoms. The van der Waals surface area contributed by atoms with E-state index in [1.165, 1.54) is 72.9 Å². The van der Waals surface area contributed by atoms with Gasteiger partial charge in [-0.05, 0) is 47.6 Å². The van der Waals surface area contributed by atoms with Crippen LogP contribution in [0.25, 0.3) is 12.2 Å². The van der Waals surface area contributed by atoms with Gasteiger partial charge in [0.15, 0.2) is 0 Å². The van der Waals surface area contributed by atoms with Crippen molar-refractivity contribution in [3.63, 3.8) is 0 Å². The van der Waals surface area contributed by atoms with Crippen LogP contribution in [0.2, 0.25) is 0 Å². The van der Waals surface area contributed by atoms with Gasteiger partial charge in [0.05, 0.1) is 9.79 Å². The second-order valence-corrected chi connectivity index (χ2v) is 9.60. The van der Waals surface area contributed by atoms with Crippen LogP contribution in [0.1, 0.15) is 11.1 Å². The van der Waals surface area contributed by atoms with Crippen molar-refractivity contribution in [1.29, 1.82) is 10.5 Å². The molecule has 13 heteroatoms. The Bertz CT molecular complexity index is 1520. The molecule has 0 aromatic heterocycles. The van der Waals surface area contributed by atoms with E-state index in [0.29, 0.717) is 0 Å². The van der Waals surface area contributed by atoms with Gasteiger partial charge in [-0.1, -0.05) is 48.6 Å². The number of allylic oxidation sites excluding steroid dienone is 6. The Balaban J connectivity index is 0.00000342. The van der Waals surface area contributed by atoms with Crippen LogP contribution in [0.15, 0.2) is 105 Å². The summed E-state index contributed by atoms with van der Waals surface area (Å²) in [5.41, 5.74) is 0.129. The van der Waals surface area contributed by atoms with Gasteiger partial charge >= 0.3 is 59.1 Å². The zero-order chi connectivity index (χ0) is 25.6. The van der Waals surface area contributed by atoms with E-state index in [9.17, 15) is 36.5 Å². The molecule has 1 aliphatic rings. The normalized spacial score (nSPS) is 13.4. The van der Waals surface area contributed by atoms with E-state index in [-0.39, 0.29) is 92.9 Å². The van der Waals surface area contributed by atoms with Crippen LogP contribution in [0.3, 0.4) is 0 Å². The van der Waals surface area contributed by atoms with Gasteiger partial charge in [0.1, 0.15) is 49.5 Å². The summed E-state index contributed by atoms with van der Waals surface area (Å²) in [5, 5.41) is 18.5.